The maximum absolute atomic E-state index is 5.25. The molecule has 1 rings (SSSR count). The lowest BCUT2D eigenvalue weighted by Crippen LogP contribution is -2.04. The largest absolute Gasteiger partial charge is 0.448 e. The van der Waals surface area contributed by atoms with E-state index < -0.39 is 0 Å². The second-order valence-electron chi connectivity index (χ2n) is 3.58. The van der Waals surface area contributed by atoms with E-state index in [1.165, 1.54) is 11.9 Å². The fourth-order valence-corrected chi connectivity index (χ4v) is 1.43. The van der Waals surface area contributed by atoms with Crippen molar-refractivity contribution in [2.45, 2.75) is 25.5 Å². The van der Waals surface area contributed by atoms with E-state index in [-0.39, 0.29) is 4.75 Å². The number of furan rings is 1. The lowest BCUT2D eigenvalue weighted by Gasteiger charge is -2.11. The molecule has 0 spiro atoms. The molecule has 0 aliphatic carbocycles. The lowest BCUT2D eigenvalue weighted by molar-refractivity contribution is 0.535. The molecule has 0 unspecified atom stereocenters. The Balaban J connectivity index is 2.50. The summed E-state index contributed by atoms with van der Waals surface area (Å²) in [6, 6.07) is 3.72. The SMILES string of the molecule is CC(C)(C)S/N=C/c1ccc(Br)o1. The molecule has 72 valence electrons. The van der Waals surface area contributed by atoms with Gasteiger partial charge < -0.3 is 4.42 Å². The first-order valence-electron chi connectivity index (χ1n) is 3.94. The molecular weight excluding hydrogens is 250 g/mol. The van der Waals surface area contributed by atoms with E-state index in [4.69, 9.17) is 4.42 Å². The molecule has 0 radical (unpaired) electrons. The Bertz CT molecular complexity index is 301. The van der Waals surface area contributed by atoms with Crippen LogP contribution in [0.5, 0.6) is 0 Å². The second kappa shape index (κ2) is 4.33. The van der Waals surface area contributed by atoms with E-state index in [2.05, 4.69) is 41.1 Å². The molecule has 1 aromatic rings. The Kier molecular flexibility index (Phi) is 3.62. The third kappa shape index (κ3) is 4.52. The van der Waals surface area contributed by atoms with Crippen LogP contribution in [0.25, 0.3) is 0 Å². The highest BCUT2D eigenvalue weighted by Gasteiger charge is 2.09. The Labute approximate surface area is 91.1 Å². The first-order chi connectivity index (χ1) is 5.97. The monoisotopic (exact) mass is 261 g/mol. The van der Waals surface area contributed by atoms with Crippen molar-refractivity contribution in [3.05, 3.63) is 22.6 Å². The molecule has 0 aliphatic rings. The van der Waals surface area contributed by atoms with Crippen LogP contribution in [0.3, 0.4) is 0 Å². The van der Waals surface area contributed by atoms with Gasteiger partial charge in [0.15, 0.2) is 4.67 Å². The predicted octanol–water partition coefficient (Wildman–Crippen LogP) is 3.91. The van der Waals surface area contributed by atoms with Crippen LogP contribution in [-0.2, 0) is 0 Å². The highest BCUT2D eigenvalue weighted by Crippen LogP contribution is 2.24. The third-order valence-corrected chi connectivity index (χ3v) is 2.29. The van der Waals surface area contributed by atoms with Crippen molar-refractivity contribution in [1.29, 1.82) is 0 Å². The van der Waals surface area contributed by atoms with Gasteiger partial charge in [0.05, 0.1) is 6.21 Å². The standard InChI is InChI=1S/C9H12BrNOS/c1-9(2,3)13-11-6-7-4-5-8(10)12-7/h4-6H,1-3H3/b11-6+. The molecule has 0 aromatic carbocycles. The van der Waals surface area contributed by atoms with Crippen LogP contribution in [0.15, 0.2) is 25.6 Å². The quantitative estimate of drug-likeness (QED) is 0.596. The average Bonchev–Trinajstić information content (AvgIpc) is 2.33. The Hall–Kier alpha value is -0.220. The molecule has 0 bridgehead atoms. The minimum Gasteiger partial charge on any atom is -0.448 e. The third-order valence-electron chi connectivity index (χ3n) is 1.10. The summed E-state index contributed by atoms with van der Waals surface area (Å²) in [6.45, 7) is 6.35. The maximum Gasteiger partial charge on any atom is 0.169 e. The molecule has 1 aromatic heterocycles. The number of halogens is 1. The van der Waals surface area contributed by atoms with Gasteiger partial charge in [-0.05, 0) is 60.8 Å². The molecule has 0 atom stereocenters. The van der Waals surface area contributed by atoms with Crippen LogP contribution in [0, 0.1) is 0 Å². The summed E-state index contributed by atoms with van der Waals surface area (Å²) < 4.78 is 10.3. The first-order valence-corrected chi connectivity index (χ1v) is 5.51. The van der Waals surface area contributed by atoms with Gasteiger partial charge in [-0.2, -0.15) is 0 Å². The van der Waals surface area contributed by atoms with Crippen LogP contribution in [0.4, 0.5) is 0 Å². The molecule has 1 heterocycles. The van der Waals surface area contributed by atoms with Gasteiger partial charge in [-0.1, -0.05) is 0 Å². The van der Waals surface area contributed by atoms with Crippen molar-refractivity contribution >= 4 is 34.1 Å². The molecule has 4 heteroatoms. The number of nitrogens with zero attached hydrogens (tertiary/aromatic N) is 1. The highest BCUT2D eigenvalue weighted by atomic mass is 79.9. The summed E-state index contributed by atoms with van der Waals surface area (Å²) >= 11 is 4.76. The van der Waals surface area contributed by atoms with E-state index in [0.29, 0.717) is 0 Å². The van der Waals surface area contributed by atoms with Gasteiger partial charge >= 0.3 is 0 Å². The Morgan fingerprint density at radius 3 is 2.62 bits per heavy atom. The molecule has 0 saturated carbocycles. The van der Waals surface area contributed by atoms with Gasteiger partial charge in [0.2, 0.25) is 0 Å². The van der Waals surface area contributed by atoms with E-state index >= 15 is 0 Å². The zero-order valence-corrected chi connectivity index (χ0v) is 10.3. The van der Waals surface area contributed by atoms with Gasteiger partial charge in [0.1, 0.15) is 5.76 Å². The van der Waals surface area contributed by atoms with Crippen LogP contribution < -0.4 is 0 Å². The zero-order valence-electron chi connectivity index (χ0n) is 7.87. The molecule has 13 heavy (non-hydrogen) atoms. The smallest absolute Gasteiger partial charge is 0.169 e. The number of hydrogen-bond donors (Lipinski definition) is 0. The molecule has 0 N–H and O–H groups in total. The van der Waals surface area contributed by atoms with Gasteiger partial charge in [-0.25, -0.2) is 4.40 Å². The van der Waals surface area contributed by atoms with Gasteiger partial charge in [-0.3, -0.25) is 0 Å². The second-order valence-corrected chi connectivity index (χ2v) is 5.98. The Morgan fingerprint density at radius 1 is 1.46 bits per heavy atom. The van der Waals surface area contributed by atoms with E-state index in [1.807, 2.05) is 12.1 Å². The van der Waals surface area contributed by atoms with E-state index in [1.54, 1.807) is 6.21 Å². The minimum absolute atomic E-state index is 0.153. The van der Waals surface area contributed by atoms with Gasteiger partial charge in [-0.15, -0.1) is 0 Å². The lowest BCUT2D eigenvalue weighted by atomic mass is 10.3. The topological polar surface area (TPSA) is 25.5 Å². The maximum atomic E-state index is 5.25. The summed E-state index contributed by atoms with van der Waals surface area (Å²) in [5.74, 6) is 0.767. The fourth-order valence-electron chi connectivity index (χ4n) is 0.634. The molecule has 2 nitrogen and oxygen atoms in total. The van der Waals surface area contributed by atoms with Crippen molar-refractivity contribution in [3.8, 4) is 0 Å². The summed E-state index contributed by atoms with van der Waals surface area (Å²) in [6.07, 6.45) is 1.72. The van der Waals surface area contributed by atoms with Crippen molar-refractivity contribution in [1.82, 2.24) is 0 Å². The molecule has 0 fully saturated rings. The summed E-state index contributed by atoms with van der Waals surface area (Å²) in [7, 11) is 0. The van der Waals surface area contributed by atoms with Crippen molar-refractivity contribution < 1.29 is 4.42 Å². The summed E-state index contributed by atoms with van der Waals surface area (Å²) in [5.41, 5.74) is 0. The molecular formula is C9H12BrNOS. The molecule has 0 amide bonds. The summed E-state index contributed by atoms with van der Waals surface area (Å²) in [5, 5.41) is 0. The normalized spacial score (nSPS) is 12.6. The first kappa shape index (κ1) is 10.9. The molecule has 0 saturated heterocycles. The van der Waals surface area contributed by atoms with Crippen molar-refractivity contribution in [2.75, 3.05) is 0 Å². The zero-order chi connectivity index (χ0) is 9.90. The van der Waals surface area contributed by atoms with Crippen molar-refractivity contribution in [3.63, 3.8) is 0 Å². The van der Waals surface area contributed by atoms with E-state index in [0.717, 1.165) is 10.4 Å². The van der Waals surface area contributed by atoms with Crippen LogP contribution in [0.2, 0.25) is 0 Å². The average molecular weight is 262 g/mol. The van der Waals surface area contributed by atoms with Crippen LogP contribution in [-0.4, -0.2) is 11.0 Å². The van der Waals surface area contributed by atoms with Gasteiger partial charge in [0.25, 0.3) is 0 Å². The minimum atomic E-state index is 0.153. The van der Waals surface area contributed by atoms with Crippen LogP contribution >= 0.6 is 27.9 Å². The number of rotatable bonds is 2. The van der Waals surface area contributed by atoms with Crippen LogP contribution in [0.1, 0.15) is 26.5 Å². The van der Waals surface area contributed by atoms with Crippen molar-refractivity contribution in [2.24, 2.45) is 4.40 Å². The highest BCUT2D eigenvalue weighted by molar-refractivity contribution is 9.10. The fraction of sp³-hybridized carbons (Fsp3) is 0.444. The Morgan fingerprint density at radius 2 is 2.15 bits per heavy atom. The molecule has 0 aliphatic heterocycles. The number of hydrogen-bond acceptors (Lipinski definition) is 3. The van der Waals surface area contributed by atoms with Gasteiger partial charge in [0, 0.05) is 4.75 Å². The predicted molar refractivity (Wildman–Crippen MR) is 61.3 cm³/mol. The van der Waals surface area contributed by atoms with E-state index in [9.17, 15) is 0 Å². The summed E-state index contributed by atoms with van der Waals surface area (Å²) in [4.78, 5) is 0.